The number of para-hydroxylation sites is 1. The Balaban J connectivity index is 1.52. The molecule has 7 nitrogen and oxygen atoms in total. The van der Waals surface area contributed by atoms with Crippen molar-refractivity contribution in [1.82, 2.24) is 4.90 Å². The molecule has 0 bridgehead atoms. The summed E-state index contributed by atoms with van der Waals surface area (Å²) in [6.07, 6.45) is 0.470. The van der Waals surface area contributed by atoms with Crippen molar-refractivity contribution < 1.29 is 23.5 Å². The first kappa shape index (κ1) is 26.5. The Bertz CT molecular complexity index is 1320. The molecule has 192 valence electrons. The highest BCUT2D eigenvalue weighted by Gasteiger charge is 2.39. The van der Waals surface area contributed by atoms with Crippen molar-refractivity contribution in [2.75, 3.05) is 26.1 Å². The molecular weight excluding hydrogens is 517 g/mol. The van der Waals surface area contributed by atoms with Gasteiger partial charge in [-0.2, -0.15) is 0 Å². The average molecular weight is 542 g/mol. The Morgan fingerprint density at radius 2 is 1.81 bits per heavy atom. The van der Waals surface area contributed by atoms with Gasteiger partial charge in [0.15, 0.2) is 16.7 Å². The van der Waals surface area contributed by atoms with Crippen LogP contribution in [0.1, 0.15) is 12.0 Å². The van der Waals surface area contributed by atoms with E-state index in [1.165, 1.54) is 36.0 Å². The summed E-state index contributed by atoms with van der Waals surface area (Å²) in [5, 5.41) is 2.97. The smallest absolute Gasteiger partial charge is 0.242 e. The zero-order valence-electron chi connectivity index (χ0n) is 20.2. The van der Waals surface area contributed by atoms with Crippen LogP contribution in [0.15, 0.2) is 71.7 Å². The number of aliphatic imine (C=N–C) groups is 1. The van der Waals surface area contributed by atoms with Crippen LogP contribution in [0.4, 0.5) is 15.8 Å². The van der Waals surface area contributed by atoms with Crippen LogP contribution in [0.2, 0.25) is 5.02 Å². The molecule has 0 aliphatic carbocycles. The van der Waals surface area contributed by atoms with E-state index in [9.17, 15) is 14.0 Å². The van der Waals surface area contributed by atoms with E-state index < -0.39 is 5.25 Å². The minimum absolute atomic E-state index is 0.0516. The van der Waals surface area contributed by atoms with Crippen molar-refractivity contribution in [3.8, 4) is 11.5 Å². The third kappa shape index (κ3) is 6.61. The summed E-state index contributed by atoms with van der Waals surface area (Å²) < 4.78 is 24.1. The first-order valence-electron chi connectivity index (χ1n) is 11.5. The van der Waals surface area contributed by atoms with Gasteiger partial charge in [-0.3, -0.25) is 14.5 Å². The molecule has 1 heterocycles. The number of rotatable bonds is 9. The SMILES string of the molecule is COc1ccc(CCN2C(=O)[C@H](CC(=O)Nc3ccccc3Cl)SC2=Nc2ccc(F)cc2)cc1OC. The molecule has 1 saturated heterocycles. The Hall–Kier alpha value is -3.56. The van der Waals surface area contributed by atoms with Gasteiger partial charge in [-0.15, -0.1) is 0 Å². The predicted molar refractivity (Wildman–Crippen MR) is 145 cm³/mol. The van der Waals surface area contributed by atoms with Gasteiger partial charge in [-0.25, -0.2) is 9.38 Å². The number of nitrogens with zero attached hydrogens (tertiary/aromatic N) is 2. The van der Waals surface area contributed by atoms with E-state index in [0.29, 0.717) is 46.0 Å². The van der Waals surface area contributed by atoms with Crippen LogP contribution in [0.3, 0.4) is 0 Å². The molecule has 2 amide bonds. The summed E-state index contributed by atoms with van der Waals surface area (Å²) in [6, 6.07) is 18.2. The molecule has 1 fully saturated rings. The Morgan fingerprint density at radius 3 is 2.51 bits per heavy atom. The zero-order chi connectivity index (χ0) is 26.4. The molecule has 3 aromatic carbocycles. The number of benzene rings is 3. The minimum Gasteiger partial charge on any atom is -0.493 e. The molecule has 0 unspecified atom stereocenters. The van der Waals surface area contributed by atoms with E-state index in [1.54, 1.807) is 43.4 Å². The Morgan fingerprint density at radius 1 is 1.08 bits per heavy atom. The van der Waals surface area contributed by atoms with Crippen LogP contribution in [0.25, 0.3) is 0 Å². The fourth-order valence-electron chi connectivity index (χ4n) is 3.77. The van der Waals surface area contributed by atoms with Crippen molar-refractivity contribution in [3.63, 3.8) is 0 Å². The largest absolute Gasteiger partial charge is 0.493 e. The molecule has 37 heavy (non-hydrogen) atoms. The highest BCUT2D eigenvalue weighted by molar-refractivity contribution is 8.15. The summed E-state index contributed by atoms with van der Waals surface area (Å²) >= 11 is 7.36. The highest BCUT2D eigenvalue weighted by Crippen LogP contribution is 2.33. The lowest BCUT2D eigenvalue weighted by Crippen LogP contribution is -2.35. The van der Waals surface area contributed by atoms with E-state index in [4.69, 9.17) is 21.1 Å². The maximum absolute atomic E-state index is 13.4. The first-order chi connectivity index (χ1) is 17.9. The number of methoxy groups -OCH3 is 2. The number of amidine groups is 1. The van der Waals surface area contributed by atoms with Gasteiger partial charge in [0, 0.05) is 13.0 Å². The fourth-order valence-corrected chi connectivity index (χ4v) is 5.13. The molecule has 4 rings (SSSR count). The van der Waals surface area contributed by atoms with Crippen molar-refractivity contribution in [1.29, 1.82) is 0 Å². The van der Waals surface area contributed by atoms with Crippen LogP contribution in [-0.4, -0.2) is 47.9 Å². The summed E-state index contributed by atoms with van der Waals surface area (Å²) in [6.45, 7) is 0.337. The topological polar surface area (TPSA) is 80.2 Å². The second-order valence-electron chi connectivity index (χ2n) is 8.14. The van der Waals surface area contributed by atoms with Crippen molar-refractivity contribution in [3.05, 3.63) is 83.1 Å². The molecule has 0 saturated carbocycles. The Kier molecular flexibility index (Phi) is 8.68. The zero-order valence-corrected chi connectivity index (χ0v) is 21.8. The third-order valence-electron chi connectivity index (χ3n) is 5.66. The van der Waals surface area contributed by atoms with Crippen LogP contribution in [-0.2, 0) is 16.0 Å². The van der Waals surface area contributed by atoms with E-state index in [-0.39, 0.29) is 24.1 Å². The first-order valence-corrected chi connectivity index (χ1v) is 12.7. The average Bonchev–Trinajstić information content (AvgIpc) is 3.18. The van der Waals surface area contributed by atoms with Gasteiger partial charge in [-0.05, 0) is 60.5 Å². The maximum Gasteiger partial charge on any atom is 0.242 e. The number of ether oxygens (including phenoxy) is 2. The molecule has 1 atom stereocenters. The van der Waals surface area contributed by atoms with Crippen molar-refractivity contribution >= 4 is 51.7 Å². The standard InChI is InChI=1S/C27H25ClFN3O4S/c1-35-22-12-7-17(15-23(22)36-2)13-14-32-26(34)24(16-25(33)31-21-6-4-3-5-20(21)28)37-27(32)30-19-10-8-18(29)9-11-19/h3-12,15,24H,13-14,16H2,1-2H3,(H,31,33)/t24-/m0/s1. The van der Waals surface area contributed by atoms with Gasteiger partial charge in [0.05, 0.1) is 30.6 Å². The number of anilines is 1. The van der Waals surface area contributed by atoms with Gasteiger partial charge in [0.1, 0.15) is 11.1 Å². The molecule has 0 aromatic heterocycles. The maximum atomic E-state index is 13.4. The number of nitrogens with one attached hydrogen (secondary N) is 1. The molecule has 10 heteroatoms. The van der Waals surface area contributed by atoms with Gasteiger partial charge >= 0.3 is 0 Å². The van der Waals surface area contributed by atoms with E-state index >= 15 is 0 Å². The molecule has 0 radical (unpaired) electrons. The summed E-state index contributed by atoms with van der Waals surface area (Å²) in [4.78, 5) is 32.2. The lowest BCUT2D eigenvalue weighted by Gasteiger charge is -2.17. The van der Waals surface area contributed by atoms with Gasteiger partial charge in [-0.1, -0.05) is 41.6 Å². The number of thioether (sulfide) groups is 1. The second kappa shape index (κ2) is 12.1. The van der Waals surface area contributed by atoms with E-state index in [2.05, 4.69) is 10.3 Å². The molecule has 0 spiro atoms. The highest BCUT2D eigenvalue weighted by atomic mass is 35.5. The molecule has 3 aromatic rings. The molecule has 1 aliphatic rings. The van der Waals surface area contributed by atoms with Crippen LogP contribution in [0.5, 0.6) is 11.5 Å². The van der Waals surface area contributed by atoms with Crippen molar-refractivity contribution in [2.24, 2.45) is 4.99 Å². The minimum atomic E-state index is -0.660. The number of carbonyl (C=O) groups is 2. The third-order valence-corrected chi connectivity index (χ3v) is 7.17. The number of hydrogen-bond donors (Lipinski definition) is 1. The quantitative estimate of drug-likeness (QED) is 0.376. The van der Waals surface area contributed by atoms with Crippen LogP contribution in [0, 0.1) is 5.82 Å². The molecular formula is C27H25ClFN3O4S. The summed E-state index contributed by atoms with van der Waals surface area (Å²) in [7, 11) is 3.13. The van der Waals surface area contributed by atoms with E-state index in [0.717, 1.165) is 5.56 Å². The number of hydrogen-bond acceptors (Lipinski definition) is 6. The number of halogens is 2. The summed E-state index contributed by atoms with van der Waals surface area (Å²) in [5.74, 6) is 0.277. The van der Waals surface area contributed by atoms with Gasteiger partial charge in [0.2, 0.25) is 11.8 Å². The second-order valence-corrected chi connectivity index (χ2v) is 9.72. The summed E-state index contributed by atoms with van der Waals surface area (Å²) in [5.41, 5.74) is 1.93. The van der Waals surface area contributed by atoms with Crippen LogP contribution >= 0.6 is 23.4 Å². The molecule has 1 aliphatic heterocycles. The van der Waals surface area contributed by atoms with Gasteiger partial charge in [0.25, 0.3) is 0 Å². The van der Waals surface area contributed by atoms with Crippen LogP contribution < -0.4 is 14.8 Å². The Labute approximate surface area is 223 Å². The van der Waals surface area contributed by atoms with E-state index in [1.807, 2.05) is 18.2 Å². The molecule has 1 N–H and O–H groups in total. The van der Waals surface area contributed by atoms with Crippen molar-refractivity contribution in [2.45, 2.75) is 18.1 Å². The number of carbonyl (C=O) groups excluding carboxylic acids is 2. The normalized spacial score (nSPS) is 16.2. The van der Waals surface area contributed by atoms with Gasteiger partial charge < -0.3 is 14.8 Å². The lowest BCUT2D eigenvalue weighted by atomic mass is 10.1. The lowest BCUT2D eigenvalue weighted by molar-refractivity contribution is -0.128. The fraction of sp³-hybridized carbons (Fsp3) is 0.222. The number of amides is 2. The monoisotopic (exact) mass is 541 g/mol. The predicted octanol–water partition coefficient (Wildman–Crippen LogP) is 5.70.